The lowest BCUT2D eigenvalue weighted by Gasteiger charge is -2.45. The fraction of sp³-hybridized carbons (Fsp3) is 0.929. The van der Waals surface area contributed by atoms with E-state index in [0.29, 0.717) is 29.0 Å². The predicted octanol–water partition coefficient (Wildman–Crippen LogP) is 2.25. The van der Waals surface area contributed by atoms with Crippen LogP contribution in [0.25, 0.3) is 0 Å². The van der Waals surface area contributed by atoms with Crippen molar-refractivity contribution >= 4 is 5.78 Å². The maximum atomic E-state index is 11.6. The second-order valence-corrected chi connectivity index (χ2v) is 6.86. The average Bonchev–Trinajstić information content (AvgIpc) is 2.78. The van der Waals surface area contributed by atoms with Crippen LogP contribution in [0.5, 0.6) is 0 Å². The second kappa shape index (κ2) is 2.72. The van der Waals surface area contributed by atoms with Gasteiger partial charge in [0.15, 0.2) is 0 Å². The molecule has 0 amide bonds. The first-order valence-electron chi connectivity index (χ1n) is 6.52. The lowest BCUT2D eigenvalue weighted by atomic mass is 9.59. The zero-order chi connectivity index (χ0) is 11.9. The molecule has 3 fully saturated rings. The SMILES string of the molecule is CC(=O)[C@@H]1CC2C3[C@H](O)[C@@H](C)[C@](C)(C1)[C@]23C. The Morgan fingerprint density at radius 1 is 1.38 bits per heavy atom. The van der Waals surface area contributed by atoms with Crippen LogP contribution in [0.3, 0.4) is 0 Å². The molecule has 0 saturated heterocycles. The molecule has 3 aliphatic rings. The highest BCUT2D eigenvalue weighted by molar-refractivity contribution is 5.78. The van der Waals surface area contributed by atoms with E-state index in [0.717, 1.165) is 12.8 Å². The van der Waals surface area contributed by atoms with E-state index in [2.05, 4.69) is 20.8 Å². The van der Waals surface area contributed by atoms with Crippen LogP contribution in [0.1, 0.15) is 40.5 Å². The van der Waals surface area contributed by atoms with Gasteiger partial charge in [0.25, 0.3) is 0 Å². The van der Waals surface area contributed by atoms with Gasteiger partial charge in [-0.1, -0.05) is 20.8 Å². The Hall–Kier alpha value is -0.370. The van der Waals surface area contributed by atoms with Gasteiger partial charge in [0.1, 0.15) is 5.78 Å². The molecule has 3 rings (SSSR count). The average molecular weight is 222 g/mol. The van der Waals surface area contributed by atoms with Crippen LogP contribution in [-0.2, 0) is 4.79 Å². The molecule has 0 aromatic carbocycles. The quantitative estimate of drug-likeness (QED) is 0.739. The highest BCUT2D eigenvalue weighted by Crippen LogP contribution is 2.82. The molecule has 0 aromatic rings. The Balaban J connectivity index is 1.98. The van der Waals surface area contributed by atoms with Crippen molar-refractivity contribution in [2.24, 2.45) is 34.5 Å². The molecule has 0 heterocycles. The Bertz CT molecular complexity index is 364. The fourth-order valence-electron chi connectivity index (χ4n) is 5.22. The van der Waals surface area contributed by atoms with Crippen molar-refractivity contribution < 1.29 is 9.90 Å². The van der Waals surface area contributed by atoms with Crippen molar-refractivity contribution in [3.8, 4) is 0 Å². The maximum Gasteiger partial charge on any atom is 0.132 e. The maximum absolute atomic E-state index is 11.6. The van der Waals surface area contributed by atoms with Crippen molar-refractivity contribution in [3.63, 3.8) is 0 Å². The first-order valence-corrected chi connectivity index (χ1v) is 6.52. The number of hydrogen-bond donors (Lipinski definition) is 1. The van der Waals surface area contributed by atoms with Crippen LogP contribution in [0, 0.1) is 34.5 Å². The molecule has 90 valence electrons. The Morgan fingerprint density at radius 2 is 2.00 bits per heavy atom. The van der Waals surface area contributed by atoms with Gasteiger partial charge in [-0.25, -0.2) is 0 Å². The largest absolute Gasteiger partial charge is 0.393 e. The molecule has 0 radical (unpaired) electrons. The highest BCUT2D eigenvalue weighted by Gasteiger charge is 2.80. The molecule has 2 heteroatoms. The lowest BCUT2D eigenvalue weighted by Crippen LogP contribution is -2.42. The summed E-state index contributed by atoms with van der Waals surface area (Å²) in [4.78, 5) is 11.6. The molecule has 0 bridgehead atoms. The number of aliphatic hydroxyl groups excluding tert-OH is 1. The summed E-state index contributed by atoms with van der Waals surface area (Å²) in [6.07, 6.45) is 1.88. The summed E-state index contributed by atoms with van der Waals surface area (Å²) in [5.41, 5.74) is 0.494. The number of carbonyl (C=O) groups excluding carboxylic acids is 1. The Labute approximate surface area is 97.4 Å². The van der Waals surface area contributed by atoms with Gasteiger partial charge in [0.2, 0.25) is 0 Å². The number of fused-ring (bicyclic) bond motifs is 1. The summed E-state index contributed by atoms with van der Waals surface area (Å²) in [7, 11) is 0. The Morgan fingerprint density at radius 3 is 2.56 bits per heavy atom. The summed E-state index contributed by atoms with van der Waals surface area (Å²) in [6.45, 7) is 8.54. The van der Waals surface area contributed by atoms with Gasteiger partial charge >= 0.3 is 0 Å². The number of ketones is 1. The van der Waals surface area contributed by atoms with Gasteiger partial charge in [0.05, 0.1) is 6.10 Å². The first kappa shape index (κ1) is 10.8. The molecular weight excluding hydrogens is 200 g/mol. The zero-order valence-electron chi connectivity index (χ0n) is 10.7. The lowest BCUT2D eigenvalue weighted by molar-refractivity contribution is -0.125. The summed E-state index contributed by atoms with van der Waals surface area (Å²) in [6, 6.07) is 0. The van der Waals surface area contributed by atoms with E-state index >= 15 is 0 Å². The van der Waals surface area contributed by atoms with Gasteiger partial charge < -0.3 is 5.11 Å². The molecular formula is C14H22O2. The van der Waals surface area contributed by atoms with Gasteiger partial charge in [-0.2, -0.15) is 0 Å². The predicted molar refractivity (Wildman–Crippen MR) is 61.8 cm³/mol. The molecule has 3 saturated carbocycles. The van der Waals surface area contributed by atoms with Crippen LogP contribution in [0.2, 0.25) is 0 Å². The molecule has 1 N–H and O–H groups in total. The summed E-state index contributed by atoms with van der Waals surface area (Å²) < 4.78 is 0. The third-order valence-corrected chi connectivity index (χ3v) is 6.69. The van der Waals surface area contributed by atoms with Gasteiger partial charge in [0, 0.05) is 5.92 Å². The van der Waals surface area contributed by atoms with E-state index in [1.165, 1.54) is 0 Å². The monoisotopic (exact) mass is 222 g/mol. The van der Waals surface area contributed by atoms with Gasteiger partial charge in [-0.05, 0) is 48.3 Å². The topological polar surface area (TPSA) is 37.3 Å². The molecule has 3 aliphatic carbocycles. The minimum Gasteiger partial charge on any atom is -0.393 e. The van der Waals surface area contributed by atoms with Crippen LogP contribution >= 0.6 is 0 Å². The van der Waals surface area contributed by atoms with Crippen molar-refractivity contribution in [3.05, 3.63) is 0 Å². The number of hydrogen-bond acceptors (Lipinski definition) is 2. The summed E-state index contributed by atoms with van der Waals surface area (Å²) >= 11 is 0. The van der Waals surface area contributed by atoms with E-state index in [1.54, 1.807) is 6.92 Å². The smallest absolute Gasteiger partial charge is 0.132 e. The van der Waals surface area contributed by atoms with E-state index in [-0.39, 0.29) is 17.4 Å². The van der Waals surface area contributed by atoms with Crippen LogP contribution in [-0.4, -0.2) is 17.0 Å². The highest BCUT2D eigenvalue weighted by atomic mass is 16.3. The van der Waals surface area contributed by atoms with Crippen molar-refractivity contribution in [2.45, 2.75) is 46.6 Å². The molecule has 0 spiro atoms. The number of Topliss-reactive ketones (excluding diaryl/α,β-unsaturated/α-hetero) is 1. The molecule has 16 heavy (non-hydrogen) atoms. The molecule has 0 aliphatic heterocycles. The normalized spacial score (nSPS) is 62.9. The third-order valence-electron chi connectivity index (χ3n) is 6.69. The molecule has 7 atom stereocenters. The Kier molecular flexibility index (Phi) is 1.83. The first-order chi connectivity index (χ1) is 7.34. The number of rotatable bonds is 1. The van der Waals surface area contributed by atoms with E-state index in [1.807, 2.05) is 0 Å². The minimum absolute atomic E-state index is 0.132. The van der Waals surface area contributed by atoms with Crippen molar-refractivity contribution in [2.75, 3.05) is 0 Å². The van der Waals surface area contributed by atoms with Crippen molar-refractivity contribution in [1.29, 1.82) is 0 Å². The number of carbonyl (C=O) groups is 1. The summed E-state index contributed by atoms with van der Waals surface area (Å²) in [5, 5.41) is 10.3. The zero-order valence-corrected chi connectivity index (χ0v) is 10.7. The van der Waals surface area contributed by atoms with Gasteiger partial charge in [-0.15, -0.1) is 0 Å². The fourth-order valence-corrected chi connectivity index (χ4v) is 5.22. The number of aliphatic hydroxyl groups is 1. The van der Waals surface area contributed by atoms with Crippen molar-refractivity contribution in [1.82, 2.24) is 0 Å². The molecule has 2 unspecified atom stereocenters. The van der Waals surface area contributed by atoms with E-state index in [4.69, 9.17) is 0 Å². The van der Waals surface area contributed by atoms with E-state index in [9.17, 15) is 9.90 Å². The van der Waals surface area contributed by atoms with Crippen LogP contribution < -0.4 is 0 Å². The third kappa shape index (κ3) is 0.883. The second-order valence-electron chi connectivity index (χ2n) is 6.86. The minimum atomic E-state index is -0.132. The van der Waals surface area contributed by atoms with Crippen LogP contribution in [0.4, 0.5) is 0 Å². The standard InChI is InChI=1S/C14H22O2/c1-7-12(16)11-10-5-9(8(2)15)6-13(7,3)14(10,11)4/h7,9-12,16H,5-6H2,1-4H3/t7-,9-,10?,11?,12-,13+,14-/m1/s1. The van der Waals surface area contributed by atoms with Gasteiger partial charge in [-0.3, -0.25) is 4.79 Å². The molecule has 0 aromatic heterocycles. The van der Waals surface area contributed by atoms with Crippen LogP contribution in [0.15, 0.2) is 0 Å². The summed E-state index contributed by atoms with van der Waals surface area (Å²) in [5.74, 6) is 2.02. The molecule has 2 nitrogen and oxygen atoms in total. The van der Waals surface area contributed by atoms with E-state index < -0.39 is 0 Å².